The van der Waals surface area contributed by atoms with E-state index >= 15 is 0 Å². The Morgan fingerprint density at radius 3 is 3.20 bits per heavy atom. The molecule has 1 N–H and O–H groups in total. The van der Waals surface area contributed by atoms with E-state index in [0.717, 1.165) is 37.2 Å². The van der Waals surface area contributed by atoms with E-state index in [1.165, 1.54) is 0 Å². The maximum Gasteiger partial charge on any atom is 0.270 e. The van der Waals surface area contributed by atoms with E-state index in [-0.39, 0.29) is 5.91 Å². The standard InChI is InChI=1S/C16H22N2O2/c1-3-4-9-18-10-8-16(11-18)15(19)17-14-12(2)6-5-7-13(14)20-16/h5-7H,3-4,8-11H2,1-2H3,(H,17,19)/i11D. The van der Waals surface area contributed by atoms with Gasteiger partial charge in [-0.3, -0.25) is 9.69 Å². The third-order valence-electron chi connectivity index (χ3n) is 4.11. The van der Waals surface area contributed by atoms with Gasteiger partial charge in [0, 0.05) is 20.9 Å². The lowest BCUT2D eigenvalue weighted by Crippen LogP contribution is -2.52. The van der Waals surface area contributed by atoms with Crippen molar-refractivity contribution in [3.8, 4) is 5.75 Å². The first-order valence-electron chi connectivity index (χ1n) is 7.92. The number of hydrogen-bond donors (Lipinski definition) is 1. The van der Waals surface area contributed by atoms with Gasteiger partial charge in [0.15, 0.2) is 0 Å². The fourth-order valence-corrected chi connectivity index (χ4v) is 2.87. The molecular formula is C16H22N2O2. The molecule has 0 saturated carbocycles. The van der Waals surface area contributed by atoms with Crippen molar-refractivity contribution in [1.82, 2.24) is 4.90 Å². The summed E-state index contributed by atoms with van der Waals surface area (Å²) in [4.78, 5) is 14.6. The largest absolute Gasteiger partial charge is 0.474 e. The van der Waals surface area contributed by atoms with E-state index < -0.39 is 12.1 Å². The molecule has 2 aliphatic rings. The average Bonchev–Trinajstić information content (AvgIpc) is 2.77. The van der Waals surface area contributed by atoms with Crippen LogP contribution in [0.3, 0.4) is 0 Å². The summed E-state index contributed by atoms with van der Waals surface area (Å²) in [6.07, 6.45) is 2.71. The summed E-state index contributed by atoms with van der Waals surface area (Å²) in [5.41, 5.74) is 0.666. The summed E-state index contributed by atoms with van der Waals surface area (Å²) < 4.78 is 14.5. The first-order chi connectivity index (χ1) is 10.1. The van der Waals surface area contributed by atoms with Gasteiger partial charge in [-0.25, -0.2) is 0 Å². The maximum absolute atomic E-state index is 12.6. The van der Waals surface area contributed by atoms with Crippen molar-refractivity contribution in [3.63, 3.8) is 0 Å². The summed E-state index contributed by atoms with van der Waals surface area (Å²) in [5.74, 6) is 0.507. The van der Waals surface area contributed by atoms with Gasteiger partial charge in [0.25, 0.3) is 5.91 Å². The summed E-state index contributed by atoms with van der Waals surface area (Å²) in [6.45, 7) is 5.03. The van der Waals surface area contributed by atoms with E-state index in [9.17, 15) is 4.79 Å². The lowest BCUT2D eigenvalue weighted by atomic mass is 9.98. The molecular weight excluding hydrogens is 252 g/mol. The van der Waals surface area contributed by atoms with Gasteiger partial charge < -0.3 is 10.1 Å². The summed E-state index contributed by atoms with van der Waals surface area (Å²) >= 11 is 0. The first kappa shape index (κ1) is 12.2. The van der Waals surface area contributed by atoms with Crippen molar-refractivity contribution in [2.75, 3.05) is 24.9 Å². The van der Waals surface area contributed by atoms with Crippen molar-refractivity contribution in [1.29, 1.82) is 0 Å². The van der Waals surface area contributed by atoms with Crippen LogP contribution in [0.25, 0.3) is 0 Å². The number of carbonyl (C=O) groups is 1. The molecule has 108 valence electrons. The molecule has 2 atom stereocenters. The number of carbonyl (C=O) groups excluding carboxylic acids is 1. The zero-order chi connectivity index (χ0) is 15.0. The molecule has 0 aliphatic carbocycles. The summed E-state index contributed by atoms with van der Waals surface area (Å²) in [5, 5.41) is 2.96. The number of fused-ring (bicyclic) bond motifs is 1. The normalized spacial score (nSPS) is 29.8. The molecule has 1 spiro atoms. The molecule has 20 heavy (non-hydrogen) atoms. The molecule has 3 rings (SSSR count). The third-order valence-corrected chi connectivity index (χ3v) is 4.11. The molecule has 1 aromatic rings. The number of hydrogen-bond acceptors (Lipinski definition) is 3. The highest BCUT2D eigenvalue weighted by Crippen LogP contribution is 2.39. The quantitative estimate of drug-likeness (QED) is 0.922. The molecule has 4 heteroatoms. The minimum atomic E-state index is -1.06. The predicted molar refractivity (Wildman–Crippen MR) is 79.1 cm³/mol. The number of rotatable bonds is 3. The van der Waals surface area contributed by atoms with Crippen LogP contribution < -0.4 is 10.1 Å². The van der Waals surface area contributed by atoms with Crippen LogP contribution in [0, 0.1) is 6.92 Å². The van der Waals surface area contributed by atoms with Gasteiger partial charge in [0.2, 0.25) is 5.60 Å². The topological polar surface area (TPSA) is 41.6 Å². The van der Waals surface area contributed by atoms with E-state index in [1.807, 2.05) is 30.0 Å². The van der Waals surface area contributed by atoms with Gasteiger partial charge in [0.05, 0.1) is 5.69 Å². The SMILES string of the molecule is [2H]C1N(CCCC)CCC12Oc1cccc(C)c1NC2=O. The van der Waals surface area contributed by atoms with Crippen molar-refractivity contribution < 1.29 is 10.9 Å². The second-order valence-electron chi connectivity index (χ2n) is 5.66. The fourth-order valence-electron chi connectivity index (χ4n) is 2.87. The van der Waals surface area contributed by atoms with Crippen molar-refractivity contribution in [2.45, 2.75) is 38.7 Å². The molecule has 1 saturated heterocycles. The van der Waals surface area contributed by atoms with Gasteiger partial charge >= 0.3 is 0 Å². The Balaban J connectivity index is 1.88. The number of unbranched alkanes of at least 4 members (excludes halogenated alkanes) is 1. The molecule has 1 aromatic carbocycles. The lowest BCUT2D eigenvalue weighted by Gasteiger charge is -2.35. The Morgan fingerprint density at radius 1 is 1.55 bits per heavy atom. The lowest BCUT2D eigenvalue weighted by molar-refractivity contribution is -0.131. The molecule has 2 unspecified atom stereocenters. The average molecular weight is 275 g/mol. The highest BCUT2D eigenvalue weighted by atomic mass is 16.5. The van der Waals surface area contributed by atoms with E-state index in [4.69, 9.17) is 6.11 Å². The van der Waals surface area contributed by atoms with Crippen molar-refractivity contribution >= 4 is 11.6 Å². The van der Waals surface area contributed by atoms with Crippen LogP contribution in [0.15, 0.2) is 18.2 Å². The second kappa shape index (κ2) is 5.09. The summed E-state index contributed by atoms with van der Waals surface area (Å²) in [6, 6.07) is 5.73. The van der Waals surface area contributed by atoms with Gasteiger partial charge in [-0.2, -0.15) is 0 Å². The zero-order valence-corrected chi connectivity index (χ0v) is 12.1. The molecule has 2 aliphatic heterocycles. The minimum Gasteiger partial charge on any atom is -0.474 e. The number of nitrogens with zero attached hydrogens (tertiary/aromatic N) is 1. The van der Waals surface area contributed by atoms with E-state index in [1.54, 1.807) is 0 Å². The van der Waals surface area contributed by atoms with Crippen LogP contribution in [-0.4, -0.2) is 36.0 Å². The Hall–Kier alpha value is -1.55. The Labute approximate surface area is 121 Å². The van der Waals surface area contributed by atoms with Crippen LogP contribution in [0.1, 0.15) is 33.1 Å². The number of para-hydroxylation sites is 1. The number of amides is 1. The second-order valence-corrected chi connectivity index (χ2v) is 5.66. The molecule has 4 nitrogen and oxygen atoms in total. The molecule has 0 bridgehead atoms. The fraction of sp³-hybridized carbons (Fsp3) is 0.562. The number of nitrogens with one attached hydrogen (secondary N) is 1. The Kier molecular flexibility index (Phi) is 3.11. The number of likely N-dealkylation sites (tertiary alicyclic amines) is 1. The van der Waals surface area contributed by atoms with Crippen molar-refractivity contribution in [3.05, 3.63) is 23.8 Å². The van der Waals surface area contributed by atoms with Gasteiger partial charge in [-0.1, -0.05) is 25.5 Å². The number of ether oxygens (including phenoxy) is 1. The van der Waals surface area contributed by atoms with Gasteiger partial charge in [-0.15, -0.1) is 0 Å². The van der Waals surface area contributed by atoms with Crippen LogP contribution in [0.4, 0.5) is 5.69 Å². The van der Waals surface area contributed by atoms with Crippen LogP contribution in [0.2, 0.25) is 0 Å². The van der Waals surface area contributed by atoms with Gasteiger partial charge in [-0.05, 0) is 31.5 Å². The van der Waals surface area contributed by atoms with E-state index in [0.29, 0.717) is 12.2 Å². The molecule has 0 radical (unpaired) electrons. The smallest absolute Gasteiger partial charge is 0.270 e. The van der Waals surface area contributed by atoms with Gasteiger partial charge in [0.1, 0.15) is 5.75 Å². The summed E-state index contributed by atoms with van der Waals surface area (Å²) in [7, 11) is 0. The Bertz CT molecular complexity index is 563. The third kappa shape index (κ3) is 2.18. The maximum atomic E-state index is 12.6. The number of benzene rings is 1. The molecule has 1 fully saturated rings. The molecule has 2 heterocycles. The van der Waals surface area contributed by atoms with Crippen LogP contribution in [-0.2, 0) is 4.79 Å². The highest BCUT2D eigenvalue weighted by molar-refractivity contribution is 6.01. The van der Waals surface area contributed by atoms with Crippen LogP contribution in [0.5, 0.6) is 5.75 Å². The number of anilines is 1. The Morgan fingerprint density at radius 2 is 2.40 bits per heavy atom. The van der Waals surface area contributed by atoms with Crippen molar-refractivity contribution in [2.24, 2.45) is 0 Å². The molecule has 0 aromatic heterocycles. The highest BCUT2D eigenvalue weighted by Gasteiger charge is 2.49. The van der Waals surface area contributed by atoms with E-state index in [2.05, 4.69) is 12.2 Å². The first-order valence-corrected chi connectivity index (χ1v) is 7.35. The number of aryl methyl sites for hydroxylation is 1. The zero-order valence-electron chi connectivity index (χ0n) is 13.1. The van der Waals surface area contributed by atoms with Crippen LogP contribution >= 0.6 is 0 Å². The minimum absolute atomic E-state index is 0.178. The monoisotopic (exact) mass is 275 g/mol. The molecule has 1 amide bonds. The predicted octanol–water partition coefficient (Wildman–Crippen LogP) is 2.57.